The quantitative estimate of drug-likeness (QED) is 0.884. The minimum absolute atomic E-state index is 0.00601. The highest BCUT2D eigenvalue weighted by Gasteiger charge is 2.41. The summed E-state index contributed by atoms with van der Waals surface area (Å²) < 4.78 is 5.32. The monoisotopic (exact) mass is 360 g/mol. The molecule has 3 unspecified atom stereocenters. The molecule has 26 heavy (non-hydrogen) atoms. The van der Waals surface area contributed by atoms with Gasteiger partial charge < -0.3 is 19.6 Å². The Hall–Kier alpha value is -2.57. The highest BCUT2D eigenvalue weighted by Crippen LogP contribution is 2.34. The first-order valence-electron chi connectivity index (χ1n) is 8.89. The Morgan fingerprint density at radius 1 is 1.15 bits per heavy atom. The molecule has 1 N–H and O–H groups in total. The summed E-state index contributed by atoms with van der Waals surface area (Å²) >= 11 is 0. The van der Waals surface area contributed by atoms with Crippen LogP contribution in [0.1, 0.15) is 26.2 Å². The number of carbonyl (C=O) groups is 3. The maximum absolute atomic E-state index is 13.0. The Bertz CT molecular complexity index is 720. The van der Waals surface area contributed by atoms with Crippen LogP contribution in [0.4, 0.5) is 5.69 Å². The van der Waals surface area contributed by atoms with Crippen molar-refractivity contribution in [3.05, 3.63) is 24.3 Å². The number of hydrogen-bond donors (Lipinski definition) is 1. The van der Waals surface area contributed by atoms with Crippen molar-refractivity contribution in [1.82, 2.24) is 4.90 Å². The Balaban J connectivity index is 1.75. The second-order valence-electron chi connectivity index (χ2n) is 7.03. The summed E-state index contributed by atoms with van der Waals surface area (Å²) in [5.74, 6) is -1.51. The van der Waals surface area contributed by atoms with Gasteiger partial charge in [-0.15, -0.1) is 0 Å². The van der Waals surface area contributed by atoms with Crippen molar-refractivity contribution < 1.29 is 24.2 Å². The highest BCUT2D eigenvalue weighted by molar-refractivity contribution is 6.01. The fourth-order valence-corrected chi connectivity index (χ4v) is 3.81. The highest BCUT2D eigenvalue weighted by atomic mass is 16.5. The molecule has 2 fully saturated rings. The van der Waals surface area contributed by atoms with Gasteiger partial charge in [0.05, 0.1) is 24.6 Å². The van der Waals surface area contributed by atoms with Gasteiger partial charge in [0.25, 0.3) is 0 Å². The molecule has 2 amide bonds. The number of ether oxygens (including phenoxy) is 1. The summed E-state index contributed by atoms with van der Waals surface area (Å²) in [4.78, 5) is 40.0. The molecule has 0 spiro atoms. The third-order valence-corrected chi connectivity index (χ3v) is 5.36. The van der Waals surface area contributed by atoms with E-state index in [0.717, 1.165) is 0 Å². The molecule has 2 heterocycles. The van der Waals surface area contributed by atoms with Crippen LogP contribution in [0.15, 0.2) is 24.3 Å². The van der Waals surface area contributed by atoms with Crippen molar-refractivity contribution in [2.24, 2.45) is 11.8 Å². The zero-order chi connectivity index (χ0) is 18.8. The Morgan fingerprint density at radius 2 is 1.88 bits per heavy atom. The molecule has 0 aliphatic carbocycles. The summed E-state index contributed by atoms with van der Waals surface area (Å²) in [5, 5.41) is 9.27. The zero-order valence-corrected chi connectivity index (χ0v) is 15.1. The molecule has 0 aromatic heterocycles. The van der Waals surface area contributed by atoms with Crippen molar-refractivity contribution in [2.45, 2.75) is 32.2 Å². The van der Waals surface area contributed by atoms with Gasteiger partial charge in [0.15, 0.2) is 0 Å². The van der Waals surface area contributed by atoms with Crippen LogP contribution in [0.25, 0.3) is 0 Å². The number of anilines is 1. The van der Waals surface area contributed by atoms with Crippen LogP contribution in [0, 0.1) is 11.8 Å². The van der Waals surface area contributed by atoms with Gasteiger partial charge in [-0.2, -0.15) is 0 Å². The van der Waals surface area contributed by atoms with E-state index < -0.39 is 17.8 Å². The average Bonchev–Trinajstić information content (AvgIpc) is 3.02. The Labute approximate surface area is 152 Å². The summed E-state index contributed by atoms with van der Waals surface area (Å²) in [6, 6.07) is 7.22. The second-order valence-corrected chi connectivity index (χ2v) is 7.03. The van der Waals surface area contributed by atoms with Gasteiger partial charge in [0.2, 0.25) is 11.8 Å². The molecule has 2 aliphatic heterocycles. The number of methoxy groups -OCH3 is 1. The van der Waals surface area contributed by atoms with Crippen molar-refractivity contribution in [3.63, 3.8) is 0 Å². The fraction of sp³-hybridized carbons (Fsp3) is 0.526. The first kappa shape index (κ1) is 18.2. The van der Waals surface area contributed by atoms with Gasteiger partial charge in [-0.05, 0) is 31.9 Å². The van der Waals surface area contributed by atoms with Crippen LogP contribution in [-0.2, 0) is 14.4 Å². The summed E-state index contributed by atoms with van der Waals surface area (Å²) in [6.07, 6.45) is 1.38. The minimum atomic E-state index is -0.868. The lowest BCUT2D eigenvalue weighted by atomic mass is 9.92. The van der Waals surface area contributed by atoms with Crippen LogP contribution in [-0.4, -0.2) is 54.0 Å². The molecule has 2 saturated heterocycles. The number of para-hydroxylation sites is 2. The number of amides is 2. The van der Waals surface area contributed by atoms with E-state index in [-0.39, 0.29) is 30.8 Å². The molecule has 1 aromatic rings. The van der Waals surface area contributed by atoms with Gasteiger partial charge >= 0.3 is 5.97 Å². The van der Waals surface area contributed by atoms with E-state index >= 15 is 0 Å². The van der Waals surface area contributed by atoms with Crippen LogP contribution < -0.4 is 9.64 Å². The SMILES string of the molecule is COc1ccccc1N1CC(C(=O)N2CC(C(=O)O)CCC2C)CC1=O. The van der Waals surface area contributed by atoms with Crippen molar-refractivity contribution >= 4 is 23.5 Å². The van der Waals surface area contributed by atoms with E-state index in [1.54, 1.807) is 29.0 Å². The molecule has 7 nitrogen and oxygen atoms in total. The molecule has 0 bridgehead atoms. The number of benzene rings is 1. The normalized spacial score (nSPS) is 26.1. The summed E-state index contributed by atoms with van der Waals surface area (Å²) in [7, 11) is 1.55. The largest absolute Gasteiger partial charge is 0.495 e. The van der Waals surface area contributed by atoms with E-state index in [1.807, 2.05) is 19.1 Å². The fourth-order valence-electron chi connectivity index (χ4n) is 3.81. The Kier molecular flexibility index (Phi) is 5.15. The van der Waals surface area contributed by atoms with Crippen LogP contribution in [0.5, 0.6) is 5.75 Å². The molecule has 140 valence electrons. The summed E-state index contributed by atoms with van der Waals surface area (Å²) in [6.45, 7) is 2.44. The first-order valence-corrected chi connectivity index (χ1v) is 8.89. The van der Waals surface area contributed by atoms with E-state index in [2.05, 4.69) is 0 Å². The van der Waals surface area contributed by atoms with Gasteiger partial charge in [-0.3, -0.25) is 14.4 Å². The first-order chi connectivity index (χ1) is 12.4. The predicted octanol–water partition coefficient (Wildman–Crippen LogP) is 1.76. The number of hydrogen-bond acceptors (Lipinski definition) is 4. The topological polar surface area (TPSA) is 87.2 Å². The maximum Gasteiger partial charge on any atom is 0.308 e. The molecular formula is C19H24N2O5. The molecule has 7 heteroatoms. The van der Waals surface area contributed by atoms with Crippen LogP contribution in [0.3, 0.4) is 0 Å². The minimum Gasteiger partial charge on any atom is -0.495 e. The summed E-state index contributed by atoms with van der Waals surface area (Å²) in [5.41, 5.74) is 0.658. The number of nitrogens with zero attached hydrogens (tertiary/aromatic N) is 2. The Morgan fingerprint density at radius 3 is 2.58 bits per heavy atom. The molecular weight excluding hydrogens is 336 g/mol. The lowest BCUT2D eigenvalue weighted by Gasteiger charge is -2.37. The number of carbonyl (C=O) groups excluding carboxylic acids is 2. The standard InChI is InChI=1S/C19H24N2O5/c1-12-7-8-13(19(24)25)10-20(12)18(23)14-9-17(22)21(11-14)15-5-3-4-6-16(15)26-2/h3-6,12-14H,7-11H2,1-2H3,(H,24,25). The molecule has 2 aliphatic rings. The maximum atomic E-state index is 13.0. The van der Waals surface area contributed by atoms with E-state index in [1.165, 1.54) is 0 Å². The van der Waals surface area contributed by atoms with Crippen molar-refractivity contribution in [1.29, 1.82) is 0 Å². The van der Waals surface area contributed by atoms with E-state index in [9.17, 15) is 19.5 Å². The number of carboxylic acids is 1. The molecule has 0 saturated carbocycles. The van der Waals surface area contributed by atoms with Crippen LogP contribution in [0.2, 0.25) is 0 Å². The molecule has 3 atom stereocenters. The zero-order valence-electron chi connectivity index (χ0n) is 15.1. The number of carboxylic acid groups (broad SMARTS) is 1. The molecule has 0 radical (unpaired) electrons. The number of likely N-dealkylation sites (tertiary alicyclic amines) is 1. The molecule has 1 aromatic carbocycles. The van der Waals surface area contributed by atoms with Gasteiger partial charge in [-0.1, -0.05) is 12.1 Å². The van der Waals surface area contributed by atoms with E-state index in [0.29, 0.717) is 30.8 Å². The average molecular weight is 360 g/mol. The molecule has 3 rings (SSSR count). The van der Waals surface area contributed by atoms with E-state index in [4.69, 9.17) is 4.74 Å². The lowest BCUT2D eigenvalue weighted by Crippen LogP contribution is -2.49. The van der Waals surface area contributed by atoms with Gasteiger partial charge in [-0.25, -0.2) is 0 Å². The van der Waals surface area contributed by atoms with Gasteiger partial charge in [0, 0.05) is 25.6 Å². The third-order valence-electron chi connectivity index (χ3n) is 5.36. The van der Waals surface area contributed by atoms with Crippen molar-refractivity contribution in [2.75, 3.05) is 25.1 Å². The second kappa shape index (κ2) is 7.35. The smallest absolute Gasteiger partial charge is 0.308 e. The lowest BCUT2D eigenvalue weighted by molar-refractivity contribution is -0.148. The number of piperidine rings is 1. The third kappa shape index (κ3) is 3.38. The van der Waals surface area contributed by atoms with Gasteiger partial charge in [0.1, 0.15) is 5.75 Å². The number of aliphatic carboxylic acids is 1. The van der Waals surface area contributed by atoms with Crippen molar-refractivity contribution in [3.8, 4) is 5.75 Å². The van der Waals surface area contributed by atoms with Crippen LogP contribution >= 0.6 is 0 Å². The number of rotatable bonds is 4. The predicted molar refractivity (Wildman–Crippen MR) is 95.0 cm³/mol.